The molecule has 8 heteroatoms. The second-order valence-electron chi connectivity index (χ2n) is 7.71. The molecule has 0 aliphatic carbocycles. The Hall–Kier alpha value is -2.58. The summed E-state index contributed by atoms with van der Waals surface area (Å²) in [4.78, 5) is 16.9. The standard InChI is InChI=1S/C23H28F3N3O2/c1-17(22(30)27-15-19-5-3-4-6-21(19)31-2)29-13-11-28(12-14-29)16-18-7-9-20(10-8-18)23(24,25)26/h3-10,17H,11-16H2,1-2H3,(H,27,30). The van der Waals surface area contributed by atoms with Crippen molar-refractivity contribution in [3.05, 3.63) is 65.2 Å². The van der Waals surface area contributed by atoms with Gasteiger partial charge in [0.2, 0.25) is 5.91 Å². The van der Waals surface area contributed by atoms with Gasteiger partial charge in [-0.05, 0) is 30.7 Å². The molecule has 1 fully saturated rings. The van der Waals surface area contributed by atoms with Crippen molar-refractivity contribution >= 4 is 5.91 Å². The Morgan fingerprint density at radius 3 is 2.32 bits per heavy atom. The largest absolute Gasteiger partial charge is 0.496 e. The van der Waals surface area contributed by atoms with Crippen molar-refractivity contribution in [3.8, 4) is 5.75 Å². The zero-order valence-electron chi connectivity index (χ0n) is 17.8. The number of hydrogen-bond donors (Lipinski definition) is 1. The average molecular weight is 435 g/mol. The third-order valence-corrected chi connectivity index (χ3v) is 5.67. The number of piperazine rings is 1. The van der Waals surface area contributed by atoms with Gasteiger partial charge in [-0.15, -0.1) is 0 Å². The van der Waals surface area contributed by atoms with Crippen LogP contribution in [0.25, 0.3) is 0 Å². The van der Waals surface area contributed by atoms with Crippen molar-refractivity contribution < 1.29 is 22.7 Å². The number of halogens is 3. The highest BCUT2D eigenvalue weighted by Gasteiger charge is 2.30. The zero-order valence-corrected chi connectivity index (χ0v) is 17.8. The zero-order chi connectivity index (χ0) is 22.4. The first-order chi connectivity index (χ1) is 14.8. The summed E-state index contributed by atoms with van der Waals surface area (Å²) in [6.45, 7) is 5.86. The minimum atomic E-state index is -4.31. The number of ether oxygens (including phenoxy) is 1. The summed E-state index contributed by atoms with van der Waals surface area (Å²) < 4.78 is 43.4. The molecular formula is C23H28F3N3O2. The van der Waals surface area contributed by atoms with Crippen LogP contribution in [-0.2, 0) is 24.1 Å². The number of amides is 1. The molecule has 31 heavy (non-hydrogen) atoms. The van der Waals surface area contributed by atoms with E-state index in [-0.39, 0.29) is 11.9 Å². The molecule has 1 heterocycles. The van der Waals surface area contributed by atoms with Gasteiger partial charge in [-0.2, -0.15) is 13.2 Å². The summed E-state index contributed by atoms with van der Waals surface area (Å²) in [5.41, 5.74) is 1.14. The van der Waals surface area contributed by atoms with Crippen molar-refractivity contribution in [3.63, 3.8) is 0 Å². The fourth-order valence-corrected chi connectivity index (χ4v) is 3.71. The average Bonchev–Trinajstić information content (AvgIpc) is 2.77. The third kappa shape index (κ3) is 6.21. The van der Waals surface area contributed by atoms with E-state index in [4.69, 9.17) is 4.74 Å². The molecule has 0 radical (unpaired) electrons. The van der Waals surface area contributed by atoms with E-state index in [1.807, 2.05) is 31.2 Å². The maximum atomic E-state index is 12.7. The Kier molecular flexibility index (Phi) is 7.56. The van der Waals surface area contributed by atoms with Crippen molar-refractivity contribution in [2.45, 2.75) is 32.2 Å². The van der Waals surface area contributed by atoms with E-state index in [1.54, 1.807) is 7.11 Å². The van der Waals surface area contributed by atoms with Crippen molar-refractivity contribution in [2.24, 2.45) is 0 Å². The van der Waals surface area contributed by atoms with Crippen LogP contribution in [-0.4, -0.2) is 55.0 Å². The lowest BCUT2D eigenvalue weighted by atomic mass is 10.1. The van der Waals surface area contributed by atoms with E-state index >= 15 is 0 Å². The number of rotatable bonds is 7. The Bertz CT molecular complexity index is 863. The first kappa shape index (κ1) is 23.1. The van der Waals surface area contributed by atoms with E-state index < -0.39 is 11.7 Å². The number of benzene rings is 2. The molecule has 1 aliphatic heterocycles. The van der Waals surface area contributed by atoms with Crippen LogP contribution in [0.2, 0.25) is 0 Å². The van der Waals surface area contributed by atoms with E-state index in [9.17, 15) is 18.0 Å². The predicted molar refractivity (Wildman–Crippen MR) is 113 cm³/mol. The molecule has 1 unspecified atom stereocenters. The Balaban J connectivity index is 1.45. The quantitative estimate of drug-likeness (QED) is 0.723. The molecule has 1 N–H and O–H groups in total. The maximum Gasteiger partial charge on any atom is 0.416 e. The van der Waals surface area contributed by atoms with Gasteiger partial charge in [-0.3, -0.25) is 14.6 Å². The number of alkyl halides is 3. The number of para-hydroxylation sites is 1. The monoisotopic (exact) mass is 435 g/mol. The van der Waals surface area contributed by atoms with Gasteiger partial charge in [0.25, 0.3) is 0 Å². The summed E-state index contributed by atoms with van der Waals surface area (Å²) in [5, 5.41) is 2.97. The lowest BCUT2D eigenvalue weighted by molar-refractivity contribution is -0.137. The first-order valence-corrected chi connectivity index (χ1v) is 10.3. The van der Waals surface area contributed by atoms with Crippen LogP contribution < -0.4 is 10.1 Å². The Morgan fingerprint density at radius 1 is 1.06 bits per heavy atom. The van der Waals surface area contributed by atoms with Crippen LogP contribution in [0.4, 0.5) is 13.2 Å². The highest BCUT2D eigenvalue weighted by atomic mass is 19.4. The molecule has 1 atom stereocenters. The second kappa shape index (κ2) is 10.2. The lowest BCUT2D eigenvalue weighted by Crippen LogP contribution is -2.53. The van der Waals surface area contributed by atoms with Crippen LogP contribution in [0.3, 0.4) is 0 Å². The van der Waals surface area contributed by atoms with Crippen molar-refractivity contribution in [2.75, 3.05) is 33.3 Å². The number of methoxy groups -OCH3 is 1. The molecule has 2 aromatic carbocycles. The van der Waals surface area contributed by atoms with Gasteiger partial charge in [0.05, 0.1) is 18.7 Å². The van der Waals surface area contributed by atoms with Crippen molar-refractivity contribution in [1.29, 1.82) is 0 Å². The smallest absolute Gasteiger partial charge is 0.416 e. The number of nitrogens with one attached hydrogen (secondary N) is 1. The topological polar surface area (TPSA) is 44.8 Å². The molecule has 0 spiro atoms. The molecule has 0 bridgehead atoms. The molecule has 0 aromatic heterocycles. The second-order valence-corrected chi connectivity index (χ2v) is 7.71. The summed E-state index contributed by atoms with van der Waals surface area (Å²) in [6, 6.07) is 12.6. The number of hydrogen-bond acceptors (Lipinski definition) is 4. The highest BCUT2D eigenvalue weighted by Crippen LogP contribution is 2.29. The normalized spacial score (nSPS) is 16.7. The van der Waals surface area contributed by atoms with Gasteiger partial charge in [-0.25, -0.2) is 0 Å². The van der Waals surface area contributed by atoms with Gasteiger partial charge in [0.1, 0.15) is 5.75 Å². The van der Waals surface area contributed by atoms with Crippen LogP contribution in [0.1, 0.15) is 23.6 Å². The maximum absolute atomic E-state index is 12.7. The summed E-state index contributed by atoms with van der Waals surface area (Å²) >= 11 is 0. The molecule has 3 rings (SSSR count). The van der Waals surface area contributed by atoms with E-state index in [1.165, 1.54) is 12.1 Å². The molecule has 1 aliphatic rings. The molecule has 1 amide bonds. The van der Waals surface area contributed by atoms with Gasteiger partial charge >= 0.3 is 6.18 Å². The SMILES string of the molecule is COc1ccccc1CNC(=O)C(C)N1CCN(Cc2ccc(C(F)(F)F)cc2)CC1. The molecule has 0 saturated carbocycles. The van der Waals surface area contributed by atoms with Gasteiger partial charge in [0.15, 0.2) is 0 Å². The summed E-state index contributed by atoms with van der Waals surface area (Å²) in [7, 11) is 1.60. The summed E-state index contributed by atoms with van der Waals surface area (Å²) in [5.74, 6) is 0.703. The predicted octanol–water partition coefficient (Wildman–Crippen LogP) is 3.54. The molecular weight excluding hydrogens is 407 g/mol. The molecule has 1 saturated heterocycles. The molecule has 2 aromatic rings. The van der Waals surface area contributed by atoms with Gasteiger partial charge < -0.3 is 10.1 Å². The number of carbonyl (C=O) groups is 1. The van der Waals surface area contributed by atoms with Gasteiger partial charge in [-0.1, -0.05) is 30.3 Å². The minimum absolute atomic E-state index is 0.0397. The molecule has 5 nitrogen and oxygen atoms in total. The Morgan fingerprint density at radius 2 is 1.71 bits per heavy atom. The van der Waals surface area contributed by atoms with E-state index in [2.05, 4.69) is 15.1 Å². The van der Waals surface area contributed by atoms with Crippen LogP contribution in [0.5, 0.6) is 5.75 Å². The first-order valence-electron chi connectivity index (χ1n) is 10.3. The Labute approximate surface area is 180 Å². The minimum Gasteiger partial charge on any atom is -0.496 e. The van der Waals surface area contributed by atoms with Crippen LogP contribution in [0.15, 0.2) is 48.5 Å². The third-order valence-electron chi connectivity index (χ3n) is 5.67. The fraction of sp³-hybridized carbons (Fsp3) is 0.435. The van der Waals surface area contributed by atoms with E-state index in [0.29, 0.717) is 13.1 Å². The lowest BCUT2D eigenvalue weighted by Gasteiger charge is -2.37. The van der Waals surface area contributed by atoms with Crippen LogP contribution >= 0.6 is 0 Å². The van der Waals surface area contributed by atoms with Gasteiger partial charge in [0, 0.05) is 44.8 Å². The van der Waals surface area contributed by atoms with Crippen LogP contribution in [0, 0.1) is 0 Å². The summed E-state index contributed by atoms with van der Waals surface area (Å²) in [6.07, 6.45) is -4.31. The molecule has 168 valence electrons. The number of carbonyl (C=O) groups excluding carboxylic acids is 1. The van der Waals surface area contributed by atoms with E-state index in [0.717, 1.165) is 55.2 Å². The highest BCUT2D eigenvalue weighted by molar-refractivity contribution is 5.81. The fourth-order valence-electron chi connectivity index (χ4n) is 3.71. The number of nitrogens with zero attached hydrogens (tertiary/aromatic N) is 2. The van der Waals surface area contributed by atoms with Crippen molar-refractivity contribution in [1.82, 2.24) is 15.1 Å².